The number of rotatable bonds is 5. The van der Waals surface area contributed by atoms with Crippen molar-refractivity contribution in [3.05, 3.63) is 30.5 Å². The summed E-state index contributed by atoms with van der Waals surface area (Å²) in [5.74, 6) is 0.0854. The third-order valence-electron chi connectivity index (χ3n) is 4.60. The Hall–Kier alpha value is -1.88. The first kappa shape index (κ1) is 15.0. The summed E-state index contributed by atoms with van der Waals surface area (Å²) in [5, 5.41) is 18.2. The number of nitrogens with one attached hydrogen (secondary N) is 1. The number of nitrogens with zero attached hydrogens (tertiary/aromatic N) is 2. The van der Waals surface area contributed by atoms with Gasteiger partial charge in [-0.2, -0.15) is 5.10 Å². The summed E-state index contributed by atoms with van der Waals surface area (Å²) in [4.78, 5) is 12.2. The minimum absolute atomic E-state index is 0.0266. The molecule has 0 saturated heterocycles. The Morgan fingerprint density at radius 2 is 2.27 bits per heavy atom. The predicted molar refractivity (Wildman–Crippen MR) is 85.3 cm³/mol. The first-order valence-corrected chi connectivity index (χ1v) is 8.01. The number of aromatic nitrogens is 2. The molecule has 0 aliphatic heterocycles. The standard InChI is InChI=1S/C17H23N3O2/c1-12(17(22)18-9-14-6-4-8-16(14)21)11-20-15-7-3-2-5-13(15)10-19-20/h2-3,5,7,10,12,14,16,21H,4,6,8-9,11H2,1H3,(H,18,22). The lowest BCUT2D eigenvalue weighted by Crippen LogP contribution is -2.37. The molecule has 1 aliphatic rings. The monoisotopic (exact) mass is 301 g/mol. The maximum atomic E-state index is 12.2. The molecule has 0 bridgehead atoms. The summed E-state index contributed by atoms with van der Waals surface area (Å²) >= 11 is 0. The van der Waals surface area contributed by atoms with Crippen molar-refractivity contribution in [1.29, 1.82) is 0 Å². The zero-order chi connectivity index (χ0) is 15.5. The van der Waals surface area contributed by atoms with Crippen LogP contribution < -0.4 is 5.32 Å². The van der Waals surface area contributed by atoms with E-state index in [0.717, 1.165) is 30.2 Å². The van der Waals surface area contributed by atoms with Crippen LogP contribution >= 0.6 is 0 Å². The van der Waals surface area contributed by atoms with E-state index in [1.165, 1.54) is 0 Å². The average Bonchev–Trinajstić information content (AvgIpc) is 3.12. The predicted octanol–water partition coefficient (Wildman–Crippen LogP) is 1.95. The Kier molecular flexibility index (Phi) is 4.43. The summed E-state index contributed by atoms with van der Waals surface area (Å²) in [7, 11) is 0. The first-order chi connectivity index (χ1) is 10.6. The molecule has 1 heterocycles. The van der Waals surface area contributed by atoms with Gasteiger partial charge >= 0.3 is 0 Å². The maximum Gasteiger partial charge on any atom is 0.224 e. The lowest BCUT2D eigenvalue weighted by Gasteiger charge is -2.17. The SMILES string of the molecule is CC(Cn1ncc2ccccc21)C(=O)NCC1CCCC1O. The molecule has 1 fully saturated rings. The van der Waals surface area contributed by atoms with Crippen LogP contribution in [0, 0.1) is 11.8 Å². The highest BCUT2D eigenvalue weighted by Crippen LogP contribution is 2.24. The van der Waals surface area contributed by atoms with Gasteiger partial charge < -0.3 is 10.4 Å². The molecule has 0 spiro atoms. The summed E-state index contributed by atoms with van der Waals surface area (Å²) in [6.45, 7) is 3.05. The second kappa shape index (κ2) is 6.48. The molecule has 2 aromatic rings. The Bertz CT molecular complexity index is 652. The lowest BCUT2D eigenvalue weighted by atomic mass is 10.1. The van der Waals surface area contributed by atoms with Gasteiger partial charge in [0.1, 0.15) is 0 Å². The molecular weight excluding hydrogens is 278 g/mol. The first-order valence-electron chi connectivity index (χ1n) is 8.01. The Balaban J connectivity index is 1.57. The molecular formula is C17H23N3O2. The summed E-state index contributed by atoms with van der Waals surface area (Å²) in [6, 6.07) is 8.00. The van der Waals surface area contributed by atoms with Crippen molar-refractivity contribution in [3.8, 4) is 0 Å². The fourth-order valence-corrected chi connectivity index (χ4v) is 3.17. The van der Waals surface area contributed by atoms with Crippen LogP contribution in [0.2, 0.25) is 0 Å². The normalized spacial score (nSPS) is 22.8. The molecule has 1 amide bonds. The highest BCUT2D eigenvalue weighted by atomic mass is 16.3. The minimum atomic E-state index is -0.259. The number of aliphatic hydroxyl groups is 1. The highest BCUT2D eigenvalue weighted by Gasteiger charge is 2.26. The van der Waals surface area contributed by atoms with Crippen molar-refractivity contribution in [2.75, 3.05) is 6.54 Å². The summed E-state index contributed by atoms with van der Waals surface area (Å²) in [5.41, 5.74) is 1.05. The summed E-state index contributed by atoms with van der Waals surface area (Å²) in [6.07, 6.45) is 4.48. The van der Waals surface area contributed by atoms with E-state index < -0.39 is 0 Å². The van der Waals surface area contributed by atoms with Gasteiger partial charge in [-0.1, -0.05) is 31.5 Å². The third-order valence-corrected chi connectivity index (χ3v) is 4.60. The molecule has 1 aliphatic carbocycles. The van der Waals surface area contributed by atoms with Gasteiger partial charge in [-0.05, 0) is 18.9 Å². The molecule has 1 saturated carbocycles. The average molecular weight is 301 g/mol. The van der Waals surface area contributed by atoms with Crippen molar-refractivity contribution < 1.29 is 9.90 Å². The van der Waals surface area contributed by atoms with E-state index in [4.69, 9.17) is 0 Å². The molecule has 118 valence electrons. The van der Waals surface area contributed by atoms with Crippen molar-refractivity contribution in [2.24, 2.45) is 11.8 Å². The number of amides is 1. The quantitative estimate of drug-likeness (QED) is 0.887. The maximum absolute atomic E-state index is 12.2. The Morgan fingerprint density at radius 1 is 1.45 bits per heavy atom. The van der Waals surface area contributed by atoms with Gasteiger partial charge in [0.25, 0.3) is 0 Å². The van der Waals surface area contributed by atoms with Gasteiger partial charge in [0.05, 0.1) is 30.3 Å². The topological polar surface area (TPSA) is 67.2 Å². The molecule has 0 radical (unpaired) electrons. The summed E-state index contributed by atoms with van der Waals surface area (Å²) < 4.78 is 1.88. The molecule has 3 atom stereocenters. The molecule has 1 aromatic carbocycles. The van der Waals surface area contributed by atoms with E-state index in [0.29, 0.717) is 13.1 Å². The second-order valence-corrected chi connectivity index (χ2v) is 6.29. The van der Waals surface area contributed by atoms with Gasteiger partial charge in [0, 0.05) is 17.8 Å². The third kappa shape index (κ3) is 3.14. The van der Waals surface area contributed by atoms with Gasteiger partial charge in [0.15, 0.2) is 0 Å². The molecule has 5 nitrogen and oxygen atoms in total. The van der Waals surface area contributed by atoms with Crippen LogP contribution in [0.1, 0.15) is 26.2 Å². The largest absolute Gasteiger partial charge is 0.393 e. The van der Waals surface area contributed by atoms with Crippen LogP contribution in [0.25, 0.3) is 10.9 Å². The van der Waals surface area contributed by atoms with E-state index in [9.17, 15) is 9.90 Å². The van der Waals surface area contributed by atoms with Crippen molar-refractivity contribution in [3.63, 3.8) is 0 Å². The van der Waals surface area contributed by atoms with Crippen LogP contribution in [0.3, 0.4) is 0 Å². The number of carbonyl (C=O) groups excluding carboxylic acids is 1. The number of benzene rings is 1. The zero-order valence-corrected chi connectivity index (χ0v) is 12.9. The zero-order valence-electron chi connectivity index (χ0n) is 12.9. The van der Waals surface area contributed by atoms with Crippen LogP contribution in [0.5, 0.6) is 0 Å². The van der Waals surface area contributed by atoms with Crippen LogP contribution in [0.4, 0.5) is 0 Å². The number of carbonyl (C=O) groups is 1. The second-order valence-electron chi connectivity index (χ2n) is 6.29. The molecule has 3 unspecified atom stereocenters. The number of aliphatic hydroxyl groups excluding tert-OH is 1. The number of hydrogen-bond acceptors (Lipinski definition) is 3. The van der Waals surface area contributed by atoms with E-state index in [1.807, 2.05) is 42.1 Å². The van der Waals surface area contributed by atoms with Gasteiger partial charge in [-0.15, -0.1) is 0 Å². The van der Waals surface area contributed by atoms with Gasteiger partial charge in [-0.25, -0.2) is 0 Å². The highest BCUT2D eigenvalue weighted by molar-refractivity contribution is 5.80. The number of fused-ring (bicyclic) bond motifs is 1. The Morgan fingerprint density at radius 3 is 3.05 bits per heavy atom. The lowest BCUT2D eigenvalue weighted by molar-refractivity contribution is -0.125. The molecule has 2 N–H and O–H groups in total. The van der Waals surface area contributed by atoms with Gasteiger partial charge in [0.2, 0.25) is 5.91 Å². The molecule has 22 heavy (non-hydrogen) atoms. The smallest absolute Gasteiger partial charge is 0.224 e. The van der Waals surface area contributed by atoms with Crippen LogP contribution in [0.15, 0.2) is 30.5 Å². The van der Waals surface area contributed by atoms with Gasteiger partial charge in [-0.3, -0.25) is 9.48 Å². The van der Waals surface area contributed by atoms with Crippen molar-refractivity contribution in [2.45, 2.75) is 38.8 Å². The van der Waals surface area contributed by atoms with Crippen LogP contribution in [-0.2, 0) is 11.3 Å². The number of hydrogen-bond donors (Lipinski definition) is 2. The Labute approximate surface area is 130 Å². The minimum Gasteiger partial charge on any atom is -0.393 e. The van der Waals surface area contributed by atoms with Crippen LogP contribution in [-0.4, -0.2) is 33.4 Å². The van der Waals surface area contributed by atoms with E-state index in [1.54, 1.807) is 0 Å². The van der Waals surface area contributed by atoms with Crippen molar-refractivity contribution >= 4 is 16.8 Å². The molecule has 1 aromatic heterocycles. The van der Waals surface area contributed by atoms with E-state index >= 15 is 0 Å². The van der Waals surface area contributed by atoms with Crippen molar-refractivity contribution in [1.82, 2.24) is 15.1 Å². The fraction of sp³-hybridized carbons (Fsp3) is 0.529. The van der Waals surface area contributed by atoms with E-state index in [2.05, 4.69) is 10.4 Å². The molecule has 3 rings (SSSR count). The van der Waals surface area contributed by atoms with E-state index in [-0.39, 0.29) is 23.8 Å². The molecule has 5 heteroatoms. The number of para-hydroxylation sites is 1. The fourth-order valence-electron chi connectivity index (χ4n) is 3.17.